The number of rotatable bonds is 3. The smallest absolute Gasteiger partial charge is 0.329 e. The van der Waals surface area contributed by atoms with Crippen molar-refractivity contribution in [1.29, 1.82) is 5.26 Å². The Morgan fingerprint density at radius 2 is 2.07 bits per heavy atom. The summed E-state index contributed by atoms with van der Waals surface area (Å²) in [6, 6.07) is 8.44. The average Bonchev–Trinajstić information content (AvgIpc) is 2.26. The molecule has 1 rings (SSSR count). The fraction of sp³-hybridized carbons (Fsp3) is 0.0909. The van der Waals surface area contributed by atoms with Gasteiger partial charge in [0, 0.05) is 6.08 Å². The van der Waals surface area contributed by atoms with Gasteiger partial charge in [0.05, 0.1) is 12.7 Å². The molecular weight excluding hydrogens is 194 g/mol. The number of hydrogen-bond donors (Lipinski definition) is 1. The molecule has 0 spiro atoms. The van der Waals surface area contributed by atoms with Crippen LogP contribution < -0.4 is 4.74 Å². The molecule has 0 fully saturated rings. The second-order valence-corrected chi connectivity index (χ2v) is 2.74. The van der Waals surface area contributed by atoms with Crippen LogP contribution in [0.5, 0.6) is 5.75 Å². The maximum atomic E-state index is 10.4. The Hall–Kier alpha value is -2.28. The van der Waals surface area contributed by atoms with Gasteiger partial charge in [0.15, 0.2) is 0 Å². The second-order valence-electron chi connectivity index (χ2n) is 2.74. The molecule has 0 aliphatic heterocycles. The van der Waals surface area contributed by atoms with Crippen LogP contribution in [-0.4, -0.2) is 18.2 Å². The van der Waals surface area contributed by atoms with Crippen LogP contribution >= 0.6 is 0 Å². The average molecular weight is 203 g/mol. The third-order valence-corrected chi connectivity index (χ3v) is 1.79. The van der Waals surface area contributed by atoms with Crippen LogP contribution in [0.4, 0.5) is 0 Å². The molecule has 4 nitrogen and oxygen atoms in total. The minimum Gasteiger partial charge on any atom is -0.497 e. The Balaban J connectivity index is 3.05. The Morgan fingerprint density at radius 3 is 2.47 bits per heavy atom. The Bertz CT molecular complexity index is 426. The van der Waals surface area contributed by atoms with Crippen LogP contribution in [0.2, 0.25) is 0 Å². The highest BCUT2D eigenvalue weighted by atomic mass is 16.5. The molecule has 0 unspecified atom stereocenters. The van der Waals surface area contributed by atoms with Crippen molar-refractivity contribution in [3.8, 4) is 11.8 Å². The maximum Gasteiger partial charge on any atom is 0.329 e. The zero-order valence-electron chi connectivity index (χ0n) is 8.10. The molecule has 15 heavy (non-hydrogen) atoms. The number of hydrogen-bond acceptors (Lipinski definition) is 3. The van der Waals surface area contributed by atoms with E-state index in [9.17, 15) is 4.79 Å². The van der Waals surface area contributed by atoms with Gasteiger partial charge in [-0.25, -0.2) is 4.79 Å². The quantitative estimate of drug-likeness (QED) is 0.599. The van der Waals surface area contributed by atoms with Gasteiger partial charge < -0.3 is 9.84 Å². The van der Waals surface area contributed by atoms with Crippen LogP contribution in [0, 0.1) is 11.3 Å². The lowest BCUT2D eigenvalue weighted by molar-refractivity contribution is -0.131. The molecule has 4 heteroatoms. The molecular formula is C11H9NO3. The monoisotopic (exact) mass is 203 g/mol. The molecule has 0 radical (unpaired) electrons. The van der Waals surface area contributed by atoms with Crippen LogP contribution in [0.15, 0.2) is 30.3 Å². The predicted molar refractivity (Wildman–Crippen MR) is 54.2 cm³/mol. The number of carboxylic acids is 1. The Labute approximate surface area is 87.0 Å². The number of carbonyl (C=O) groups is 1. The minimum atomic E-state index is -1.14. The normalized spacial score (nSPS) is 10.5. The van der Waals surface area contributed by atoms with E-state index in [0.29, 0.717) is 11.3 Å². The van der Waals surface area contributed by atoms with Gasteiger partial charge in [-0.1, -0.05) is 0 Å². The molecule has 0 saturated heterocycles. The fourth-order valence-electron chi connectivity index (χ4n) is 1.07. The number of carboxylic acid groups (broad SMARTS) is 1. The first-order valence-electron chi connectivity index (χ1n) is 4.16. The van der Waals surface area contributed by atoms with Gasteiger partial charge in [0.2, 0.25) is 0 Å². The van der Waals surface area contributed by atoms with Gasteiger partial charge in [0.25, 0.3) is 0 Å². The van der Waals surface area contributed by atoms with Crippen molar-refractivity contribution in [2.24, 2.45) is 0 Å². The zero-order chi connectivity index (χ0) is 11.3. The number of ether oxygens (including phenoxy) is 1. The maximum absolute atomic E-state index is 10.4. The first kappa shape index (κ1) is 10.8. The standard InChI is InChI=1S/C11H9NO3/c1-15-10-4-2-8(3-5-10)9(7-12)6-11(13)14/h2-6H,1H3,(H,13,14)/b9-6-. The molecule has 0 bridgehead atoms. The summed E-state index contributed by atoms with van der Waals surface area (Å²) >= 11 is 0. The summed E-state index contributed by atoms with van der Waals surface area (Å²) in [6.45, 7) is 0. The molecule has 1 aromatic carbocycles. The molecule has 1 N–H and O–H groups in total. The van der Waals surface area contributed by atoms with E-state index in [1.807, 2.05) is 6.07 Å². The number of benzene rings is 1. The largest absolute Gasteiger partial charge is 0.497 e. The van der Waals surface area contributed by atoms with E-state index in [4.69, 9.17) is 15.1 Å². The highest BCUT2D eigenvalue weighted by molar-refractivity contribution is 5.94. The van der Waals surface area contributed by atoms with Crippen molar-refractivity contribution >= 4 is 11.5 Å². The first-order chi connectivity index (χ1) is 7.17. The van der Waals surface area contributed by atoms with Crippen molar-refractivity contribution in [1.82, 2.24) is 0 Å². The summed E-state index contributed by atoms with van der Waals surface area (Å²) in [5, 5.41) is 17.3. The summed E-state index contributed by atoms with van der Waals surface area (Å²) in [7, 11) is 1.54. The van der Waals surface area contributed by atoms with Crippen molar-refractivity contribution in [2.75, 3.05) is 7.11 Å². The number of nitrogens with zero attached hydrogens (tertiary/aromatic N) is 1. The van der Waals surface area contributed by atoms with Crippen LogP contribution in [0.1, 0.15) is 5.56 Å². The molecule has 0 aromatic heterocycles. The van der Waals surface area contributed by atoms with Crippen LogP contribution in [0.25, 0.3) is 5.57 Å². The van der Waals surface area contributed by atoms with Crippen molar-refractivity contribution in [2.45, 2.75) is 0 Å². The van der Waals surface area contributed by atoms with Gasteiger partial charge in [-0.3, -0.25) is 0 Å². The van der Waals surface area contributed by atoms with Crippen molar-refractivity contribution < 1.29 is 14.6 Å². The number of aliphatic carboxylic acids is 1. The number of methoxy groups -OCH3 is 1. The van der Waals surface area contributed by atoms with Gasteiger partial charge in [-0.2, -0.15) is 5.26 Å². The third-order valence-electron chi connectivity index (χ3n) is 1.79. The minimum absolute atomic E-state index is 0.116. The van der Waals surface area contributed by atoms with E-state index in [-0.39, 0.29) is 5.57 Å². The fourth-order valence-corrected chi connectivity index (χ4v) is 1.07. The molecule has 0 aliphatic carbocycles. The lowest BCUT2D eigenvalue weighted by atomic mass is 10.1. The first-order valence-corrected chi connectivity index (χ1v) is 4.16. The molecule has 1 aromatic rings. The number of nitriles is 1. The highest BCUT2D eigenvalue weighted by Gasteiger charge is 2.03. The van der Waals surface area contributed by atoms with E-state index >= 15 is 0 Å². The molecule has 0 atom stereocenters. The van der Waals surface area contributed by atoms with Crippen LogP contribution in [0.3, 0.4) is 0 Å². The topological polar surface area (TPSA) is 70.3 Å². The van der Waals surface area contributed by atoms with E-state index in [2.05, 4.69) is 0 Å². The summed E-state index contributed by atoms with van der Waals surface area (Å²) in [5.74, 6) is -0.478. The molecule has 0 saturated carbocycles. The van der Waals surface area contributed by atoms with E-state index in [0.717, 1.165) is 6.08 Å². The summed E-state index contributed by atoms with van der Waals surface area (Å²) in [6.07, 6.45) is 0.877. The van der Waals surface area contributed by atoms with E-state index in [1.54, 1.807) is 24.3 Å². The summed E-state index contributed by atoms with van der Waals surface area (Å²) < 4.78 is 4.94. The Kier molecular flexibility index (Phi) is 3.47. The molecule has 76 valence electrons. The Morgan fingerprint density at radius 1 is 1.47 bits per heavy atom. The zero-order valence-corrected chi connectivity index (χ0v) is 8.10. The molecule has 0 aliphatic rings. The van der Waals surface area contributed by atoms with Gasteiger partial charge in [-0.05, 0) is 29.8 Å². The SMILES string of the molecule is COc1ccc(/C(C#N)=C\C(=O)O)cc1. The van der Waals surface area contributed by atoms with Gasteiger partial charge in [-0.15, -0.1) is 0 Å². The summed E-state index contributed by atoms with van der Waals surface area (Å²) in [4.78, 5) is 10.4. The number of allylic oxidation sites excluding steroid dienone is 1. The van der Waals surface area contributed by atoms with Gasteiger partial charge >= 0.3 is 5.97 Å². The van der Waals surface area contributed by atoms with Gasteiger partial charge in [0.1, 0.15) is 11.8 Å². The summed E-state index contributed by atoms with van der Waals surface area (Å²) in [5.41, 5.74) is 0.672. The van der Waals surface area contributed by atoms with Crippen LogP contribution in [-0.2, 0) is 4.79 Å². The van der Waals surface area contributed by atoms with Crippen molar-refractivity contribution in [3.63, 3.8) is 0 Å². The van der Waals surface area contributed by atoms with Crippen molar-refractivity contribution in [3.05, 3.63) is 35.9 Å². The van der Waals surface area contributed by atoms with E-state index < -0.39 is 5.97 Å². The predicted octanol–water partition coefficient (Wildman–Crippen LogP) is 1.69. The molecule has 0 amide bonds. The third kappa shape index (κ3) is 2.85. The highest BCUT2D eigenvalue weighted by Crippen LogP contribution is 2.17. The van der Waals surface area contributed by atoms with E-state index in [1.165, 1.54) is 7.11 Å². The lowest BCUT2D eigenvalue weighted by Gasteiger charge is -2.01. The second kappa shape index (κ2) is 4.82. The lowest BCUT2D eigenvalue weighted by Crippen LogP contribution is -1.91. The molecule has 0 heterocycles.